The third-order valence-corrected chi connectivity index (χ3v) is 2.48. The summed E-state index contributed by atoms with van der Waals surface area (Å²) in [7, 11) is -1.24. The lowest BCUT2D eigenvalue weighted by Gasteiger charge is -2.13. The van der Waals surface area contributed by atoms with Gasteiger partial charge in [-0.25, -0.2) is 8.42 Å². The zero-order valence-corrected chi connectivity index (χ0v) is 8.67. The third kappa shape index (κ3) is 9.29. The molecule has 0 radical (unpaired) electrons. The van der Waals surface area contributed by atoms with Crippen molar-refractivity contribution in [3.63, 3.8) is 0 Å². The highest BCUT2D eigenvalue weighted by Crippen LogP contribution is 1.90. The summed E-state index contributed by atoms with van der Waals surface area (Å²) in [5, 5.41) is 8.35. The zero-order valence-electron chi connectivity index (χ0n) is 7.86. The second-order valence-corrected chi connectivity index (χ2v) is 5.34. The van der Waals surface area contributed by atoms with Gasteiger partial charge in [-0.3, -0.25) is 4.79 Å². The minimum atomic E-state index is -2.95. The molecule has 0 atom stereocenters. The quantitative estimate of drug-likeness (QED) is 0.634. The summed E-state index contributed by atoms with van der Waals surface area (Å²) in [5.41, 5.74) is 0. The molecule has 0 bridgehead atoms. The van der Waals surface area contributed by atoms with Crippen LogP contribution in [0.5, 0.6) is 0 Å². The van der Waals surface area contributed by atoms with Crippen LogP contribution >= 0.6 is 0 Å². The van der Waals surface area contributed by atoms with Crippen molar-refractivity contribution in [2.24, 2.45) is 0 Å². The Balaban J connectivity index is 3.64. The van der Waals surface area contributed by atoms with Crippen LogP contribution < -0.4 is 0 Å². The fraction of sp³-hybridized carbons (Fsp3) is 0.857. The normalized spacial score (nSPS) is 11.9. The lowest BCUT2D eigenvalue weighted by Crippen LogP contribution is -2.27. The number of nitrogens with zero attached hydrogens (tertiary/aromatic N) is 1. The molecule has 6 heteroatoms. The van der Waals surface area contributed by atoms with Gasteiger partial charge < -0.3 is 10.0 Å². The highest BCUT2D eigenvalue weighted by molar-refractivity contribution is 7.90. The Kier molecular flexibility index (Phi) is 4.94. The van der Waals surface area contributed by atoms with Crippen LogP contribution in [0.4, 0.5) is 0 Å². The predicted octanol–water partition coefficient (Wildman–Crippen LogP) is -0.562. The van der Waals surface area contributed by atoms with Crippen molar-refractivity contribution in [1.82, 2.24) is 4.90 Å². The van der Waals surface area contributed by atoms with Crippen LogP contribution in [-0.4, -0.2) is 56.5 Å². The van der Waals surface area contributed by atoms with E-state index in [1.165, 1.54) is 0 Å². The Hall–Kier alpha value is -0.620. The van der Waals surface area contributed by atoms with E-state index in [2.05, 4.69) is 0 Å². The summed E-state index contributed by atoms with van der Waals surface area (Å²) in [5.74, 6) is -0.797. The van der Waals surface area contributed by atoms with Crippen molar-refractivity contribution >= 4 is 15.8 Å². The Morgan fingerprint density at radius 1 is 1.38 bits per heavy atom. The first-order valence-corrected chi connectivity index (χ1v) is 5.95. The Morgan fingerprint density at radius 2 is 1.92 bits per heavy atom. The van der Waals surface area contributed by atoms with Crippen LogP contribution in [0.2, 0.25) is 0 Å². The molecule has 0 saturated carbocycles. The highest BCUT2D eigenvalue weighted by Gasteiger charge is 2.06. The van der Waals surface area contributed by atoms with Crippen molar-refractivity contribution in [3.8, 4) is 0 Å². The van der Waals surface area contributed by atoms with E-state index in [1.54, 1.807) is 11.9 Å². The zero-order chi connectivity index (χ0) is 10.5. The number of hydrogen-bond acceptors (Lipinski definition) is 4. The fourth-order valence-corrected chi connectivity index (χ4v) is 1.36. The Labute approximate surface area is 78.3 Å². The molecule has 0 amide bonds. The third-order valence-electron chi connectivity index (χ3n) is 1.55. The molecule has 5 nitrogen and oxygen atoms in total. The molecule has 0 spiro atoms. The summed E-state index contributed by atoms with van der Waals surface area (Å²) in [6.45, 7) is 0.761. The van der Waals surface area contributed by atoms with Crippen molar-refractivity contribution in [2.75, 3.05) is 32.1 Å². The standard InChI is InChI=1S/C7H15NO4S/c1-8(4-3-7(9)10)5-6-13(2,11)12/h3-6H2,1-2H3,(H,9,10). The van der Waals surface area contributed by atoms with E-state index in [0.29, 0.717) is 13.1 Å². The average molecular weight is 209 g/mol. The Morgan fingerprint density at radius 3 is 2.31 bits per heavy atom. The van der Waals surface area contributed by atoms with Gasteiger partial charge in [-0.15, -0.1) is 0 Å². The van der Waals surface area contributed by atoms with E-state index in [0.717, 1.165) is 6.26 Å². The van der Waals surface area contributed by atoms with Crippen LogP contribution in [0.25, 0.3) is 0 Å². The average Bonchev–Trinajstić information content (AvgIpc) is 1.95. The molecule has 0 rings (SSSR count). The van der Waals surface area contributed by atoms with E-state index in [-0.39, 0.29) is 12.2 Å². The molecule has 1 N–H and O–H groups in total. The molecule has 0 heterocycles. The molecule has 0 saturated heterocycles. The van der Waals surface area contributed by atoms with Gasteiger partial charge in [0.05, 0.1) is 12.2 Å². The van der Waals surface area contributed by atoms with Gasteiger partial charge in [-0.05, 0) is 7.05 Å². The maximum atomic E-state index is 10.7. The summed E-state index contributed by atoms with van der Waals surface area (Å²) in [4.78, 5) is 11.8. The number of carboxylic acid groups (broad SMARTS) is 1. The van der Waals surface area contributed by atoms with Crippen LogP contribution in [0.3, 0.4) is 0 Å². The fourth-order valence-electron chi connectivity index (χ4n) is 0.720. The molecule has 0 aliphatic rings. The summed E-state index contributed by atoms with van der Waals surface area (Å²) in [6, 6.07) is 0. The molecule has 0 aromatic carbocycles. The molecule has 0 aliphatic heterocycles. The number of sulfone groups is 1. The second-order valence-electron chi connectivity index (χ2n) is 3.08. The molecular weight excluding hydrogens is 194 g/mol. The Bertz CT molecular complexity index is 260. The van der Waals surface area contributed by atoms with E-state index < -0.39 is 15.8 Å². The lowest BCUT2D eigenvalue weighted by atomic mass is 10.4. The highest BCUT2D eigenvalue weighted by atomic mass is 32.2. The first-order chi connectivity index (χ1) is 5.81. The second kappa shape index (κ2) is 5.18. The number of aliphatic carboxylic acids is 1. The molecular formula is C7H15NO4S. The monoisotopic (exact) mass is 209 g/mol. The van der Waals surface area contributed by atoms with Gasteiger partial charge in [0.15, 0.2) is 0 Å². The van der Waals surface area contributed by atoms with Crippen LogP contribution in [0, 0.1) is 0 Å². The lowest BCUT2D eigenvalue weighted by molar-refractivity contribution is -0.137. The summed E-state index contributed by atoms with van der Waals surface area (Å²) in [6.07, 6.45) is 1.21. The maximum absolute atomic E-state index is 10.7. The van der Waals surface area contributed by atoms with E-state index in [9.17, 15) is 13.2 Å². The van der Waals surface area contributed by atoms with E-state index in [1.807, 2.05) is 0 Å². The van der Waals surface area contributed by atoms with Gasteiger partial charge in [0.2, 0.25) is 0 Å². The first-order valence-electron chi connectivity index (χ1n) is 3.89. The topological polar surface area (TPSA) is 74.7 Å². The van der Waals surface area contributed by atoms with Crippen molar-refractivity contribution in [2.45, 2.75) is 6.42 Å². The number of hydrogen-bond donors (Lipinski definition) is 1. The van der Waals surface area contributed by atoms with Gasteiger partial charge in [-0.1, -0.05) is 0 Å². The molecule has 0 aromatic heterocycles. The minimum Gasteiger partial charge on any atom is -0.481 e. The van der Waals surface area contributed by atoms with E-state index in [4.69, 9.17) is 5.11 Å². The van der Waals surface area contributed by atoms with Gasteiger partial charge in [-0.2, -0.15) is 0 Å². The number of carboxylic acids is 1. The number of rotatable bonds is 6. The van der Waals surface area contributed by atoms with Crippen LogP contribution in [0.15, 0.2) is 0 Å². The first kappa shape index (κ1) is 12.4. The smallest absolute Gasteiger partial charge is 0.304 e. The SMILES string of the molecule is CN(CCC(=O)O)CCS(C)(=O)=O. The largest absolute Gasteiger partial charge is 0.481 e. The number of carbonyl (C=O) groups is 1. The van der Waals surface area contributed by atoms with Crippen molar-refractivity contribution in [1.29, 1.82) is 0 Å². The van der Waals surface area contributed by atoms with Crippen LogP contribution in [0.1, 0.15) is 6.42 Å². The molecule has 0 aliphatic carbocycles. The molecule has 0 fully saturated rings. The van der Waals surface area contributed by atoms with E-state index >= 15 is 0 Å². The maximum Gasteiger partial charge on any atom is 0.304 e. The molecule has 78 valence electrons. The van der Waals surface area contributed by atoms with Gasteiger partial charge in [0, 0.05) is 19.3 Å². The van der Waals surface area contributed by atoms with Crippen molar-refractivity contribution in [3.05, 3.63) is 0 Å². The summed E-state index contributed by atoms with van der Waals surface area (Å²) >= 11 is 0. The van der Waals surface area contributed by atoms with Crippen LogP contribution in [-0.2, 0) is 14.6 Å². The van der Waals surface area contributed by atoms with Gasteiger partial charge in [0.1, 0.15) is 9.84 Å². The van der Waals surface area contributed by atoms with Crippen molar-refractivity contribution < 1.29 is 18.3 Å². The minimum absolute atomic E-state index is 0.0419. The molecule has 13 heavy (non-hydrogen) atoms. The van der Waals surface area contributed by atoms with Gasteiger partial charge >= 0.3 is 5.97 Å². The molecule has 0 aromatic rings. The summed E-state index contributed by atoms with van der Waals surface area (Å²) < 4.78 is 21.5. The predicted molar refractivity (Wildman–Crippen MR) is 49.5 cm³/mol. The molecule has 0 unspecified atom stereocenters. The van der Waals surface area contributed by atoms with Gasteiger partial charge in [0.25, 0.3) is 0 Å².